The second-order valence-corrected chi connectivity index (χ2v) is 5.71. The van der Waals surface area contributed by atoms with Crippen molar-refractivity contribution in [1.82, 2.24) is 20.8 Å². The molecule has 1 unspecified atom stereocenters. The molecule has 7 nitrogen and oxygen atoms in total. The van der Waals surface area contributed by atoms with Crippen molar-refractivity contribution in [3.05, 3.63) is 52.5 Å². The molecular formula is C13H13Cl2N7. The number of guanidine groups is 1. The Kier molecular flexibility index (Phi) is 4.12. The first-order chi connectivity index (χ1) is 10.5. The molecule has 0 saturated heterocycles. The van der Waals surface area contributed by atoms with Gasteiger partial charge in [-0.15, -0.1) is 0 Å². The third kappa shape index (κ3) is 3.63. The molecule has 3 rings (SSSR count). The van der Waals surface area contributed by atoms with Crippen LogP contribution >= 0.6 is 23.2 Å². The topological polar surface area (TPSA) is 100 Å². The molecule has 5 N–H and O–H groups in total. The van der Waals surface area contributed by atoms with E-state index in [1.54, 1.807) is 30.6 Å². The molecule has 1 aromatic heterocycles. The van der Waals surface area contributed by atoms with Gasteiger partial charge in [0.2, 0.25) is 5.96 Å². The van der Waals surface area contributed by atoms with E-state index in [9.17, 15) is 0 Å². The van der Waals surface area contributed by atoms with Gasteiger partial charge in [-0.3, -0.25) is 11.2 Å². The molecule has 0 spiro atoms. The number of hydrogen-bond donors (Lipinski definition) is 4. The fourth-order valence-electron chi connectivity index (χ4n) is 2.06. The van der Waals surface area contributed by atoms with E-state index in [4.69, 9.17) is 28.9 Å². The zero-order valence-corrected chi connectivity index (χ0v) is 12.9. The lowest BCUT2D eigenvalue weighted by Crippen LogP contribution is -2.54. The SMILES string of the molecule is NC1(Cc2cncnc2)N=C(Nc2cc(Cl)cc(Cl)c2)NN1. The second kappa shape index (κ2) is 6.05. The summed E-state index contributed by atoms with van der Waals surface area (Å²) in [5.41, 5.74) is 13.6. The van der Waals surface area contributed by atoms with Crippen LogP contribution in [0.1, 0.15) is 5.56 Å². The zero-order valence-electron chi connectivity index (χ0n) is 11.3. The van der Waals surface area contributed by atoms with Gasteiger partial charge < -0.3 is 5.32 Å². The molecule has 114 valence electrons. The van der Waals surface area contributed by atoms with Gasteiger partial charge in [0.15, 0.2) is 5.79 Å². The van der Waals surface area contributed by atoms with Crippen molar-refractivity contribution in [3.63, 3.8) is 0 Å². The summed E-state index contributed by atoms with van der Waals surface area (Å²) in [5.74, 6) is -0.521. The second-order valence-electron chi connectivity index (χ2n) is 4.84. The molecule has 0 radical (unpaired) electrons. The first kappa shape index (κ1) is 15.0. The lowest BCUT2D eigenvalue weighted by atomic mass is 10.1. The molecule has 1 atom stereocenters. The Hall–Kier alpha value is -1.93. The average molecular weight is 338 g/mol. The first-order valence-electron chi connectivity index (χ1n) is 6.41. The Labute approximate surface area is 136 Å². The summed E-state index contributed by atoms with van der Waals surface area (Å²) in [6.07, 6.45) is 5.29. The highest BCUT2D eigenvalue weighted by Crippen LogP contribution is 2.23. The summed E-state index contributed by atoms with van der Waals surface area (Å²) in [6, 6.07) is 5.12. The molecule has 0 bridgehead atoms. The van der Waals surface area contributed by atoms with Crippen LogP contribution in [-0.2, 0) is 6.42 Å². The summed E-state index contributed by atoms with van der Waals surface area (Å²) in [6.45, 7) is 0. The third-order valence-electron chi connectivity index (χ3n) is 2.92. The van der Waals surface area contributed by atoms with Gasteiger partial charge in [-0.05, 0) is 23.8 Å². The highest BCUT2D eigenvalue weighted by molar-refractivity contribution is 6.35. The quantitative estimate of drug-likeness (QED) is 0.677. The molecular weight excluding hydrogens is 325 g/mol. The van der Waals surface area contributed by atoms with Crippen LogP contribution in [0.2, 0.25) is 10.0 Å². The summed E-state index contributed by atoms with van der Waals surface area (Å²) in [4.78, 5) is 12.3. The largest absolute Gasteiger partial charge is 0.325 e. The molecule has 0 amide bonds. The number of aliphatic imine (C=N–C) groups is 1. The smallest absolute Gasteiger partial charge is 0.213 e. The van der Waals surface area contributed by atoms with Gasteiger partial charge >= 0.3 is 0 Å². The maximum absolute atomic E-state index is 6.19. The van der Waals surface area contributed by atoms with E-state index < -0.39 is 5.79 Å². The maximum Gasteiger partial charge on any atom is 0.213 e. The molecule has 0 fully saturated rings. The summed E-state index contributed by atoms with van der Waals surface area (Å²) in [5, 5.41) is 4.12. The van der Waals surface area contributed by atoms with Crippen molar-refractivity contribution in [2.75, 3.05) is 5.32 Å². The first-order valence-corrected chi connectivity index (χ1v) is 7.17. The Morgan fingerprint density at radius 3 is 2.50 bits per heavy atom. The van der Waals surface area contributed by atoms with E-state index in [0.717, 1.165) is 5.56 Å². The van der Waals surface area contributed by atoms with Crippen molar-refractivity contribution in [3.8, 4) is 0 Å². The third-order valence-corrected chi connectivity index (χ3v) is 3.36. The van der Waals surface area contributed by atoms with Crippen molar-refractivity contribution in [2.24, 2.45) is 10.7 Å². The van der Waals surface area contributed by atoms with E-state index >= 15 is 0 Å². The summed E-state index contributed by atoms with van der Waals surface area (Å²) < 4.78 is 0. The minimum atomic E-state index is -0.991. The van der Waals surface area contributed by atoms with Crippen LogP contribution in [0.5, 0.6) is 0 Å². The number of hydrazine groups is 1. The number of anilines is 1. The molecule has 9 heteroatoms. The van der Waals surface area contributed by atoms with E-state index in [1.165, 1.54) is 6.33 Å². The standard InChI is InChI=1S/C13H13Cl2N7/c14-9-1-10(15)3-11(2-9)19-12-20-13(16,22-21-12)4-8-5-17-7-18-6-8/h1-3,5-7,22H,4,16H2,(H2,19,20,21). The normalized spacial score (nSPS) is 20.4. The van der Waals surface area contributed by atoms with E-state index in [2.05, 4.69) is 31.1 Å². The van der Waals surface area contributed by atoms with Gasteiger partial charge in [-0.1, -0.05) is 23.2 Å². The predicted molar refractivity (Wildman–Crippen MR) is 86.4 cm³/mol. The van der Waals surface area contributed by atoms with E-state index in [0.29, 0.717) is 28.1 Å². The highest BCUT2D eigenvalue weighted by Gasteiger charge is 2.30. The fraction of sp³-hybridized carbons (Fsp3) is 0.154. The number of nitrogens with one attached hydrogen (secondary N) is 3. The molecule has 1 aliphatic heterocycles. The Morgan fingerprint density at radius 2 is 1.82 bits per heavy atom. The van der Waals surface area contributed by atoms with E-state index in [-0.39, 0.29) is 0 Å². The lowest BCUT2D eigenvalue weighted by Gasteiger charge is -2.19. The van der Waals surface area contributed by atoms with Gasteiger partial charge in [0, 0.05) is 34.5 Å². The number of halogens is 2. The average Bonchev–Trinajstić information content (AvgIpc) is 2.79. The Morgan fingerprint density at radius 1 is 1.14 bits per heavy atom. The van der Waals surface area contributed by atoms with Crippen LogP contribution in [0.4, 0.5) is 5.69 Å². The van der Waals surface area contributed by atoms with Crippen LogP contribution in [0, 0.1) is 0 Å². The van der Waals surface area contributed by atoms with Crippen LogP contribution in [0.25, 0.3) is 0 Å². The zero-order chi connectivity index (χ0) is 15.6. The minimum Gasteiger partial charge on any atom is -0.325 e. The number of nitrogens with zero attached hydrogens (tertiary/aromatic N) is 3. The molecule has 22 heavy (non-hydrogen) atoms. The number of hydrogen-bond acceptors (Lipinski definition) is 7. The molecule has 2 heterocycles. The number of aromatic nitrogens is 2. The molecule has 0 saturated carbocycles. The number of rotatable bonds is 3. The molecule has 1 aromatic carbocycles. The maximum atomic E-state index is 6.19. The Bertz CT molecular complexity index is 687. The van der Waals surface area contributed by atoms with Crippen molar-refractivity contribution in [1.29, 1.82) is 0 Å². The monoisotopic (exact) mass is 337 g/mol. The van der Waals surface area contributed by atoms with Crippen molar-refractivity contribution >= 4 is 34.8 Å². The van der Waals surface area contributed by atoms with Gasteiger partial charge in [-0.2, -0.15) is 5.43 Å². The van der Waals surface area contributed by atoms with Gasteiger partial charge in [0.1, 0.15) is 6.33 Å². The molecule has 0 aliphatic carbocycles. The van der Waals surface area contributed by atoms with Crippen LogP contribution in [0.3, 0.4) is 0 Å². The molecule has 1 aliphatic rings. The van der Waals surface area contributed by atoms with Gasteiger partial charge in [-0.25, -0.2) is 15.0 Å². The van der Waals surface area contributed by atoms with Crippen LogP contribution in [-0.4, -0.2) is 21.7 Å². The van der Waals surface area contributed by atoms with Crippen molar-refractivity contribution in [2.45, 2.75) is 12.2 Å². The van der Waals surface area contributed by atoms with E-state index in [1.807, 2.05) is 0 Å². The van der Waals surface area contributed by atoms with Gasteiger partial charge in [0.25, 0.3) is 0 Å². The number of benzene rings is 1. The summed E-state index contributed by atoms with van der Waals surface area (Å²) >= 11 is 11.9. The Balaban J connectivity index is 1.73. The van der Waals surface area contributed by atoms with Gasteiger partial charge in [0.05, 0.1) is 0 Å². The fourth-order valence-corrected chi connectivity index (χ4v) is 2.59. The van der Waals surface area contributed by atoms with Crippen molar-refractivity contribution < 1.29 is 0 Å². The van der Waals surface area contributed by atoms with Crippen LogP contribution < -0.4 is 21.9 Å². The van der Waals surface area contributed by atoms with Crippen LogP contribution in [0.15, 0.2) is 41.9 Å². The minimum absolute atomic E-state index is 0.433. The highest BCUT2D eigenvalue weighted by atomic mass is 35.5. The molecule has 2 aromatic rings. The summed E-state index contributed by atoms with van der Waals surface area (Å²) in [7, 11) is 0. The number of nitrogens with two attached hydrogens (primary N) is 1. The lowest BCUT2D eigenvalue weighted by molar-refractivity contribution is 0.359. The predicted octanol–water partition coefficient (Wildman–Crippen LogP) is 1.51.